The van der Waals surface area contributed by atoms with Crippen molar-refractivity contribution >= 4 is 17.3 Å². The molecule has 3 aromatic rings. The Labute approximate surface area is 163 Å². The Bertz CT molecular complexity index is 938. The van der Waals surface area contributed by atoms with E-state index in [-0.39, 0.29) is 17.2 Å². The zero-order valence-electron chi connectivity index (χ0n) is 14.6. The Morgan fingerprint density at radius 2 is 1.75 bits per heavy atom. The quantitative estimate of drug-likeness (QED) is 0.541. The minimum atomic E-state index is -4.43. The number of nitrogens with zero attached hydrogens (tertiary/aromatic N) is 1. The van der Waals surface area contributed by atoms with Crippen molar-refractivity contribution in [3.8, 4) is 10.6 Å². The third-order valence-electron chi connectivity index (χ3n) is 3.97. The van der Waals surface area contributed by atoms with Crippen molar-refractivity contribution < 1.29 is 27.8 Å². The van der Waals surface area contributed by atoms with Gasteiger partial charge in [0.2, 0.25) is 0 Å². The first-order valence-corrected chi connectivity index (χ1v) is 9.18. The summed E-state index contributed by atoms with van der Waals surface area (Å²) in [5.74, 6) is -1.14. The number of ether oxygens (including phenoxy) is 1. The number of hydrogen-bond donors (Lipinski definition) is 1. The fourth-order valence-electron chi connectivity index (χ4n) is 2.55. The highest BCUT2D eigenvalue weighted by Gasteiger charge is 2.30. The molecule has 146 valence electrons. The Balaban J connectivity index is 1.70. The summed E-state index contributed by atoms with van der Waals surface area (Å²) in [6, 6.07) is 14.2. The second-order valence-electron chi connectivity index (χ2n) is 5.96. The smallest absolute Gasteiger partial charge is 0.416 e. The molecular weight excluding hydrogens is 391 g/mol. The first-order valence-electron chi connectivity index (χ1n) is 8.37. The van der Waals surface area contributed by atoms with E-state index in [2.05, 4.69) is 4.98 Å². The fraction of sp³-hybridized carbons (Fsp3) is 0.200. The van der Waals surface area contributed by atoms with Crippen LogP contribution in [0.1, 0.15) is 26.5 Å². The number of carboxylic acids is 1. The van der Waals surface area contributed by atoms with Crippen molar-refractivity contribution in [2.45, 2.75) is 19.2 Å². The van der Waals surface area contributed by atoms with Gasteiger partial charge in [-0.05, 0) is 24.1 Å². The molecule has 0 saturated carbocycles. The topological polar surface area (TPSA) is 59.4 Å². The maximum absolute atomic E-state index is 12.7. The Hall–Kier alpha value is -2.71. The van der Waals surface area contributed by atoms with Crippen molar-refractivity contribution in [2.24, 2.45) is 0 Å². The molecule has 2 aromatic carbocycles. The van der Waals surface area contributed by atoms with Gasteiger partial charge in [-0.3, -0.25) is 0 Å². The second kappa shape index (κ2) is 8.53. The summed E-state index contributed by atoms with van der Waals surface area (Å²) in [5, 5.41) is 9.72. The van der Waals surface area contributed by atoms with E-state index in [1.54, 1.807) is 0 Å². The summed E-state index contributed by atoms with van der Waals surface area (Å²) < 4.78 is 43.6. The number of hydrogen-bond acceptors (Lipinski definition) is 4. The van der Waals surface area contributed by atoms with Crippen molar-refractivity contribution in [1.82, 2.24) is 4.98 Å². The Morgan fingerprint density at radius 1 is 1.07 bits per heavy atom. The molecule has 1 heterocycles. The van der Waals surface area contributed by atoms with Crippen LogP contribution in [0.2, 0.25) is 0 Å². The average molecular weight is 407 g/mol. The molecule has 0 aliphatic heterocycles. The lowest BCUT2D eigenvalue weighted by Gasteiger charge is -2.06. The number of alkyl halides is 3. The number of rotatable bonds is 7. The molecule has 0 fully saturated rings. The van der Waals surface area contributed by atoms with Gasteiger partial charge in [0.25, 0.3) is 0 Å². The van der Waals surface area contributed by atoms with Gasteiger partial charge in [-0.25, -0.2) is 9.78 Å². The highest BCUT2D eigenvalue weighted by atomic mass is 32.1. The van der Waals surface area contributed by atoms with E-state index >= 15 is 0 Å². The number of benzene rings is 2. The van der Waals surface area contributed by atoms with Crippen LogP contribution in [0, 0.1) is 0 Å². The summed E-state index contributed by atoms with van der Waals surface area (Å²) in [7, 11) is 0. The van der Waals surface area contributed by atoms with Gasteiger partial charge in [0, 0.05) is 5.56 Å². The van der Waals surface area contributed by atoms with Crippen LogP contribution in [0.15, 0.2) is 54.6 Å². The van der Waals surface area contributed by atoms with Gasteiger partial charge in [0.15, 0.2) is 0 Å². The number of thiazole rings is 1. The highest BCUT2D eigenvalue weighted by Crippen LogP contribution is 2.33. The number of aromatic carboxylic acids is 1. The van der Waals surface area contributed by atoms with E-state index in [9.17, 15) is 23.1 Å². The largest absolute Gasteiger partial charge is 0.477 e. The molecule has 0 atom stereocenters. The maximum Gasteiger partial charge on any atom is 0.416 e. The minimum absolute atomic E-state index is 0.0194. The van der Waals surface area contributed by atoms with Gasteiger partial charge in [0.05, 0.1) is 24.5 Å². The van der Waals surface area contributed by atoms with E-state index in [0.717, 1.165) is 29.0 Å². The van der Waals surface area contributed by atoms with E-state index in [0.29, 0.717) is 23.6 Å². The Morgan fingerprint density at radius 3 is 2.36 bits per heavy atom. The van der Waals surface area contributed by atoms with Crippen molar-refractivity contribution in [3.63, 3.8) is 0 Å². The van der Waals surface area contributed by atoms with Crippen molar-refractivity contribution in [2.75, 3.05) is 6.61 Å². The molecule has 0 spiro atoms. The summed E-state index contributed by atoms with van der Waals surface area (Å²) in [6.07, 6.45) is -3.75. The molecule has 0 amide bonds. The monoisotopic (exact) mass is 407 g/mol. The summed E-state index contributed by atoms with van der Waals surface area (Å²) in [5.41, 5.74) is 1.02. The summed E-state index contributed by atoms with van der Waals surface area (Å²) in [4.78, 5) is 15.8. The third-order valence-corrected chi connectivity index (χ3v) is 5.10. The van der Waals surface area contributed by atoms with Crippen molar-refractivity contribution in [3.05, 3.63) is 76.3 Å². The maximum atomic E-state index is 12.7. The normalized spacial score (nSPS) is 11.5. The van der Waals surface area contributed by atoms with Crippen LogP contribution in [-0.2, 0) is 23.9 Å². The van der Waals surface area contributed by atoms with Gasteiger partial charge in [-0.2, -0.15) is 13.2 Å². The highest BCUT2D eigenvalue weighted by molar-refractivity contribution is 7.17. The van der Waals surface area contributed by atoms with Crippen LogP contribution in [-0.4, -0.2) is 22.7 Å². The molecule has 0 unspecified atom stereocenters. The standard InChI is InChI=1S/C20H16F3NO3S/c21-20(22,23)15-8-6-14(7-9-15)18-24-16(17(28-18)19(25)26)12-27-11-10-13-4-2-1-3-5-13/h1-9H,10-12H2,(H,25,26). The zero-order chi connectivity index (χ0) is 20.1. The van der Waals surface area contributed by atoms with Gasteiger partial charge < -0.3 is 9.84 Å². The van der Waals surface area contributed by atoms with Gasteiger partial charge in [0.1, 0.15) is 9.88 Å². The number of carboxylic acid groups (broad SMARTS) is 1. The third kappa shape index (κ3) is 4.96. The molecule has 1 aromatic heterocycles. The zero-order valence-corrected chi connectivity index (χ0v) is 15.4. The van der Waals surface area contributed by atoms with Gasteiger partial charge in [-0.1, -0.05) is 42.5 Å². The molecule has 1 N–H and O–H groups in total. The second-order valence-corrected chi connectivity index (χ2v) is 6.96. The summed E-state index contributed by atoms with van der Waals surface area (Å²) in [6.45, 7) is 0.418. The van der Waals surface area contributed by atoms with E-state index in [1.165, 1.54) is 12.1 Å². The number of aromatic nitrogens is 1. The lowest BCUT2D eigenvalue weighted by molar-refractivity contribution is -0.137. The fourth-order valence-corrected chi connectivity index (χ4v) is 3.46. The van der Waals surface area contributed by atoms with Crippen LogP contribution < -0.4 is 0 Å². The molecule has 4 nitrogen and oxygen atoms in total. The molecule has 0 bridgehead atoms. The van der Waals surface area contributed by atoms with Gasteiger partial charge in [-0.15, -0.1) is 11.3 Å². The van der Waals surface area contributed by atoms with Crippen LogP contribution in [0.4, 0.5) is 13.2 Å². The molecule has 0 aliphatic rings. The van der Waals surface area contributed by atoms with Gasteiger partial charge >= 0.3 is 12.1 Å². The molecule has 0 aliphatic carbocycles. The van der Waals surface area contributed by atoms with Crippen molar-refractivity contribution in [1.29, 1.82) is 0 Å². The van der Waals surface area contributed by atoms with Crippen LogP contribution in [0.5, 0.6) is 0 Å². The first-order chi connectivity index (χ1) is 13.3. The SMILES string of the molecule is O=C(O)c1sc(-c2ccc(C(F)(F)F)cc2)nc1COCCc1ccccc1. The molecule has 3 rings (SSSR count). The van der Waals surface area contributed by atoms with E-state index < -0.39 is 17.7 Å². The minimum Gasteiger partial charge on any atom is -0.477 e. The Kier molecular flexibility index (Phi) is 6.11. The van der Waals surface area contributed by atoms with Crippen LogP contribution in [0.25, 0.3) is 10.6 Å². The predicted molar refractivity (Wildman–Crippen MR) is 99.3 cm³/mol. The molecule has 28 heavy (non-hydrogen) atoms. The van der Waals surface area contributed by atoms with E-state index in [4.69, 9.17) is 4.74 Å². The van der Waals surface area contributed by atoms with Crippen LogP contribution >= 0.6 is 11.3 Å². The average Bonchev–Trinajstić information content (AvgIpc) is 3.10. The van der Waals surface area contributed by atoms with E-state index in [1.807, 2.05) is 30.3 Å². The molecule has 0 radical (unpaired) electrons. The molecule has 8 heteroatoms. The molecular formula is C20H16F3NO3S. The number of carbonyl (C=O) groups is 1. The molecule has 0 saturated heterocycles. The number of halogens is 3. The predicted octanol–water partition coefficient (Wildman–Crippen LogP) is 5.29. The lowest BCUT2D eigenvalue weighted by atomic mass is 10.1. The lowest BCUT2D eigenvalue weighted by Crippen LogP contribution is -2.04. The first kappa shape index (κ1) is 20.0. The van der Waals surface area contributed by atoms with Crippen LogP contribution in [0.3, 0.4) is 0 Å². The summed E-state index contributed by atoms with van der Waals surface area (Å²) >= 11 is 0.917.